The molecule has 18 heavy (non-hydrogen) atoms. The number of hydrogen-bond donors (Lipinski definition) is 1. The Morgan fingerprint density at radius 2 is 2.44 bits per heavy atom. The van der Waals surface area contributed by atoms with Gasteiger partial charge < -0.3 is 10.1 Å². The molecule has 1 aliphatic heterocycles. The van der Waals surface area contributed by atoms with Crippen LogP contribution in [0.25, 0.3) is 0 Å². The van der Waals surface area contributed by atoms with Gasteiger partial charge in [-0.15, -0.1) is 0 Å². The topological polar surface area (TPSA) is 39.1 Å². The van der Waals surface area contributed by atoms with E-state index in [2.05, 4.69) is 10.4 Å². The van der Waals surface area contributed by atoms with Crippen LogP contribution in [0.4, 0.5) is 10.1 Å². The van der Waals surface area contributed by atoms with Crippen molar-refractivity contribution >= 4 is 5.69 Å². The van der Waals surface area contributed by atoms with E-state index in [4.69, 9.17) is 4.74 Å². The Kier molecular flexibility index (Phi) is 2.66. The van der Waals surface area contributed by atoms with Crippen molar-refractivity contribution in [3.8, 4) is 5.75 Å². The van der Waals surface area contributed by atoms with Crippen LogP contribution >= 0.6 is 0 Å². The van der Waals surface area contributed by atoms with Crippen molar-refractivity contribution in [1.82, 2.24) is 9.78 Å². The molecule has 0 spiro atoms. The number of nitrogens with zero attached hydrogens (tertiary/aromatic N) is 2. The lowest BCUT2D eigenvalue weighted by atomic mass is 10.1. The Morgan fingerprint density at radius 1 is 1.56 bits per heavy atom. The zero-order chi connectivity index (χ0) is 12.5. The van der Waals surface area contributed by atoms with E-state index in [9.17, 15) is 4.39 Å². The minimum absolute atomic E-state index is 0.0435. The van der Waals surface area contributed by atoms with E-state index < -0.39 is 0 Å². The summed E-state index contributed by atoms with van der Waals surface area (Å²) in [4.78, 5) is 0. The van der Waals surface area contributed by atoms with E-state index in [1.807, 2.05) is 13.2 Å². The Labute approximate surface area is 104 Å². The second-order valence-corrected chi connectivity index (χ2v) is 4.48. The summed E-state index contributed by atoms with van der Waals surface area (Å²) in [6.07, 6.45) is 4.45. The van der Waals surface area contributed by atoms with Crippen LogP contribution in [0.1, 0.15) is 5.56 Å². The molecule has 1 N–H and O–H groups in total. The van der Waals surface area contributed by atoms with Crippen LogP contribution < -0.4 is 10.1 Å². The molecule has 2 heterocycles. The molecule has 4 nitrogen and oxygen atoms in total. The first-order chi connectivity index (χ1) is 8.70. The third-order valence-corrected chi connectivity index (χ3v) is 3.00. The molecule has 1 atom stereocenters. The molecule has 1 aliphatic rings. The minimum Gasteiger partial charge on any atom is -0.488 e. The van der Waals surface area contributed by atoms with Crippen molar-refractivity contribution in [2.75, 3.05) is 11.9 Å². The first-order valence-electron chi connectivity index (χ1n) is 5.88. The predicted octanol–water partition coefficient (Wildman–Crippen LogP) is 1.97. The van der Waals surface area contributed by atoms with Gasteiger partial charge in [0.25, 0.3) is 0 Å². The zero-order valence-electron chi connectivity index (χ0n) is 10.1. The molecule has 2 aromatic rings. The molecule has 0 bridgehead atoms. The maximum atomic E-state index is 13.1. The van der Waals surface area contributed by atoms with Gasteiger partial charge in [0.15, 0.2) is 0 Å². The first kappa shape index (κ1) is 11.1. The van der Waals surface area contributed by atoms with Gasteiger partial charge in [0.2, 0.25) is 0 Å². The number of benzene rings is 1. The van der Waals surface area contributed by atoms with Gasteiger partial charge in [0, 0.05) is 25.2 Å². The summed E-state index contributed by atoms with van der Waals surface area (Å²) in [7, 11) is 1.87. The first-order valence-corrected chi connectivity index (χ1v) is 5.88. The Morgan fingerprint density at radius 3 is 3.22 bits per heavy atom. The summed E-state index contributed by atoms with van der Waals surface area (Å²) >= 11 is 0. The summed E-state index contributed by atoms with van der Waals surface area (Å²) in [5, 5.41) is 7.33. The molecular formula is C13H14FN3O. The number of fused-ring (bicyclic) bond motifs is 1. The number of halogens is 1. The van der Waals surface area contributed by atoms with Crippen LogP contribution in [0.15, 0.2) is 30.6 Å². The van der Waals surface area contributed by atoms with Crippen LogP contribution in [-0.2, 0) is 13.5 Å². The monoisotopic (exact) mass is 247 g/mol. The molecule has 0 amide bonds. The van der Waals surface area contributed by atoms with Gasteiger partial charge >= 0.3 is 0 Å². The van der Waals surface area contributed by atoms with Gasteiger partial charge in [-0.3, -0.25) is 4.68 Å². The molecule has 0 fully saturated rings. The van der Waals surface area contributed by atoms with E-state index in [1.54, 1.807) is 23.0 Å². The van der Waals surface area contributed by atoms with Crippen molar-refractivity contribution in [1.29, 1.82) is 0 Å². The lowest BCUT2D eigenvalue weighted by Gasteiger charge is -2.11. The van der Waals surface area contributed by atoms with Crippen molar-refractivity contribution < 1.29 is 9.13 Å². The Balaban J connectivity index is 1.61. The molecule has 0 aliphatic carbocycles. The predicted molar refractivity (Wildman–Crippen MR) is 66.2 cm³/mol. The highest BCUT2D eigenvalue weighted by molar-refractivity contribution is 5.41. The molecule has 1 unspecified atom stereocenters. The summed E-state index contributed by atoms with van der Waals surface area (Å²) in [5.74, 6) is 0.576. The molecule has 0 saturated heterocycles. The SMILES string of the molecule is Cn1cc(NCC2Cc3cc(F)ccc3O2)cn1. The molecule has 5 heteroatoms. The largest absolute Gasteiger partial charge is 0.488 e. The van der Waals surface area contributed by atoms with Crippen LogP contribution in [0.5, 0.6) is 5.75 Å². The average molecular weight is 247 g/mol. The highest BCUT2D eigenvalue weighted by Gasteiger charge is 2.22. The second kappa shape index (κ2) is 4.33. The number of hydrogen-bond acceptors (Lipinski definition) is 3. The maximum Gasteiger partial charge on any atom is 0.123 e. The lowest BCUT2D eigenvalue weighted by molar-refractivity contribution is 0.246. The van der Waals surface area contributed by atoms with Crippen LogP contribution in [0, 0.1) is 5.82 Å². The van der Waals surface area contributed by atoms with Crippen molar-refractivity contribution in [2.45, 2.75) is 12.5 Å². The van der Waals surface area contributed by atoms with Crippen LogP contribution in [-0.4, -0.2) is 22.4 Å². The zero-order valence-corrected chi connectivity index (χ0v) is 10.1. The summed E-state index contributed by atoms with van der Waals surface area (Å²) in [5.41, 5.74) is 1.90. The molecule has 1 aromatic heterocycles. The molecule has 0 saturated carbocycles. The fraction of sp³-hybridized carbons (Fsp3) is 0.308. The quantitative estimate of drug-likeness (QED) is 0.901. The highest BCUT2D eigenvalue weighted by atomic mass is 19.1. The van der Waals surface area contributed by atoms with Crippen molar-refractivity contribution in [2.24, 2.45) is 7.05 Å². The fourth-order valence-electron chi connectivity index (χ4n) is 2.15. The Hall–Kier alpha value is -2.04. The van der Waals surface area contributed by atoms with Crippen molar-refractivity contribution in [3.63, 3.8) is 0 Å². The lowest BCUT2D eigenvalue weighted by Crippen LogP contribution is -2.23. The number of anilines is 1. The van der Waals surface area contributed by atoms with Gasteiger partial charge in [0.1, 0.15) is 17.7 Å². The molecule has 94 valence electrons. The molecule has 1 aromatic carbocycles. The number of nitrogens with one attached hydrogen (secondary N) is 1. The fourth-order valence-corrected chi connectivity index (χ4v) is 2.15. The Bertz CT molecular complexity index is 567. The van der Waals surface area contributed by atoms with Gasteiger partial charge in [-0.25, -0.2) is 4.39 Å². The highest BCUT2D eigenvalue weighted by Crippen LogP contribution is 2.29. The van der Waals surface area contributed by atoms with Gasteiger partial charge in [0.05, 0.1) is 18.4 Å². The summed E-state index contributed by atoms with van der Waals surface area (Å²) in [6.45, 7) is 0.683. The van der Waals surface area contributed by atoms with Gasteiger partial charge in [-0.1, -0.05) is 0 Å². The van der Waals surface area contributed by atoms with E-state index in [0.717, 1.165) is 23.4 Å². The minimum atomic E-state index is -0.210. The maximum absolute atomic E-state index is 13.1. The summed E-state index contributed by atoms with van der Waals surface area (Å²) in [6, 6.07) is 4.66. The van der Waals surface area contributed by atoms with E-state index in [1.165, 1.54) is 6.07 Å². The third kappa shape index (κ3) is 2.16. The van der Waals surface area contributed by atoms with Gasteiger partial charge in [-0.05, 0) is 18.2 Å². The molecule has 0 radical (unpaired) electrons. The molecular weight excluding hydrogens is 233 g/mol. The smallest absolute Gasteiger partial charge is 0.123 e. The van der Waals surface area contributed by atoms with E-state index in [-0.39, 0.29) is 11.9 Å². The third-order valence-electron chi connectivity index (χ3n) is 3.00. The number of rotatable bonds is 3. The van der Waals surface area contributed by atoms with Crippen molar-refractivity contribution in [3.05, 3.63) is 42.0 Å². The standard InChI is InChI=1S/C13H14FN3O/c1-17-8-11(6-16-17)15-7-12-5-9-4-10(14)2-3-13(9)18-12/h2-4,6,8,12,15H,5,7H2,1H3. The van der Waals surface area contributed by atoms with Crippen LogP contribution in [0.3, 0.4) is 0 Å². The number of ether oxygens (including phenoxy) is 1. The molecule has 3 rings (SSSR count). The van der Waals surface area contributed by atoms with E-state index >= 15 is 0 Å². The van der Waals surface area contributed by atoms with Gasteiger partial charge in [-0.2, -0.15) is 5.10 Å². The normalized spacial score (nSPS) is 17.3. The van der Waals surface area contributed by atoms with Crippen LogP contribution in [0.2, 0.25) is 0 Å². The second-order valence-electron chi connectivity index (χ2n) is 4.48. The average Bonchev–Trinajstić information content (AvgIpc) is 2.92. The number of aryl methyl sites for hydroxylation is 1. The van der Waals surface area contributed by atoms with E-state index in [0.29, 0.717) is 6.54 Å². The summed E-state index contributed by atoms with van der Waals surface area (Å²) < 4.78 is 20.5. The number of aromatic nitrogens is 2.